The summed E-state index contributed by atoms with van der Waals surface area (Å²) in [5.74, 6) is 0. The fraction of sp³-hybridized carbons (Fsp3) is 0. The number of hydrogen-bond donors (Lipinski definition) is 0. The predicted molar refractivity (Wildman–Crippen MR) is 200 cm³/mol. The van der Waals surface area contributed by atoms with Crippen molar-refractivity contribution >= 4 is 48.8 Å². The van der Waals surface area contributed by atoms with E-state index in [4.69, 9.17) is 16.5 Å². The van der Waals surface area contributed by atoms with Gasteiger partial charge in [0.05, 0.1) is 34.9 Å². The summed E-state index contributed by atoms with van der Waals surface area (Å²) in [5.41, 5.74) is 7.71. The highest BCUT2D eigenvalue weighted by Crippen LogP contribution is 2.49. The van der Waals surface area contributed by atoms with Crippen LogP contribution in [0.4, 0.5) is 5.69 Å². The molecule has 0 aliphatic heterocycles. The van der Waals surface area contributed by atoms with Crippen molar-refractivity contribution < 1.29 is 0 Å². The van der Waals surface area contributed by atoms with Crippen LogP contribution in [-0.2, 0) is 0 Å². The van der Waals surface area contributed by atoms with Gasteiger partial charge in [0.25, 0.3) is 0 Å². The highest BCUT2D eigenvalue weighted by atomic mass is 14.8. The molecule has 4 heterocycles. The highest BCUT2D eigenvalue weighted by molar-refractivity contribution is 6.36. The van der Waals surface area contributed by atoms with Crippen LogP contribution in [0, 0.1) is 17.9 Å². The highest BCUT2D eigenvalue weighted by Gasteiger charge is 2.23. The summed E-state index contributed by atoms with van der Waals surface area (Å²) < 4.78 is 0. The molecule has 0 radical (unpaired) electrons. The van der Waals surface area contributed by atoms with E-state index < -0.39 is 0 Å². The molecule has 0 aliphatic rings. The van der Waals surface area contributed by atoms with Gasteiger partial charge in [-0.05, 0) is 68.7 Å². The molecule has 230 valence electrons. The second-order valence-electron chi connectivity index (χ2n) is 12.1. The normalized spacial score (nSPS) is 11.2. The van der Waals surface area contributed by atoms with Crippen molar-refractivity contribution in [3.8, 4) is 51.1 Å². The van der Waals surface area contributed by atoms with Crippen LogP contribution in [0.2, 0.25) is 0 Å². The maximum absolute atomic E-state index is 9.56. The Bertz CT molecular complexity index is 2720. The topological polar surface area (TPSA) is 79.7 Å². The number of pyridine rings is 4. The van der Waals surface area contributed by atoms with Crippen molar-refractivity contribution in [3.63, 3.8) is 0 Å². The largest absolute Gasteiger partial charge is 0.276 e. The SMILES string of the molecule is [C-]#[N+]c1cncc(-c2cccc(-c3c4ccccc4c(-c4cccc(-c5cncc(C#N)c5)n4)c4c5ccccc5c5ccccc5c34)n2)c1. The van der Waals surface area contributed by atoms with Crippen molar-refractivity contribution in [2.45, 2.75) is 0 Å². The lowest BCUT2D eigenvalue weighted by molar-refractivity contribution is 1.27. The van der Waals surface area contributed by atoms with Gasteiger partial charge in [-0.2, -0.15) is 5.26 Å². The van der Waals surface area contributed by atoms with E-state index in [1.807, 2.05) is 36.4 Å². The van der Waals surface area contributed by atoms with Crippen LogP contribution in [0.3, 0.4) is 0 Å². The molecule has 6 nitrogen and oxygen atoms in total. The number of nitrogens with zero attached hydrogens (tertiary/aromatic N) is 6. The molecule has 4 aromatic heterocycles. The summed E-state index contributed by atoms with van der Waals surface area (Å²) in [7, 11) is 0. The predicted octanol–water partition coefficient (Wildman–Crippen LogP) is 11.0. The quantitative estimate of drug-likeness (QED) is 0.109. The Hall–Kier alpha value is -7.28. The summed E-state index contributed by atoms with van der Waals surface area (Å²) in [6.07, 6.45) is 6.63. The van der Waals surface area contributed by atoms with Crippen LogP contribution in [0.1, 0.15) is 5.56 Å². The van der Waals surface area contributed by atoms with Gasteiger partial charge in [0.2, 0.25) is 5.69 Å². The molecule has 0 saturated heterocycles. The third-order valence-corrected chi connectivity index (χ3v) is 9.22. The molecule has 0 bridgehead atoms. The smallest absolute Gasteiger partial charge is 0.205 e. The minimum Gasteiger partial charge on any atom is -0.276 e. The van der Waals surface area contributed by atoms with Crippen molar-refractivity contribution in [2.24, 2.45) is 0 Å². The molecule has 9 rings (SSSR count). The first-order valence-corrected chi connectivity index (χ1v) is 16.1. The Morgan fingerprint density at radius 3 is 1.46 bits per heavy atom. The third-order valence-electron chi connectivity index (χ3n) is 9.22. The maximum atomic E-state index is 9.56. The van der Waals surface area contributed by atoms with Gasteiger partial charge in [-0.1, -0.05) is 84.9 Å². The molecule has 9 aromatic rings. The van der Waals surface area contributed by atoms with E-state index in [1.54, 1.807) is 24.8 Å². The number of fused-ring (bicyclic) bond motifs is 7. The minimum atomic E-state index is 0.470. The monoisotopic (exact) mass is 636 g/mol. The van der Waals surface area contributed by atoms with Crippen LogP contribution >= 0.6 is 0 Å². The molecular formula is C44H24N6. The van der Waals surface area contributed by atoms with Gasteiger partial charge in [-0.3, -0.25) is 9.97 Å². The van der Waals surface area contributed by atoms with Crippen molar-refractivity contribution in [1.82, 2.24) is 19.9 Å². The lowest BCUT2D eigenvalue weighted by atomic mass is 9.83. The lowest BCUT2D eigenvalue weighted by Crippen LogP contribution is -1.97. The number of rotatable bonds is 4. The van der Waals surface area contributed by atoms with Crippen molar-refractivity contribution in [1.29, 1.82) is 5.26 Å². The first kappa shape index (κ1) is 28.9. The van der Waals surface area contributed by atoms with Crippen molar-refractivity contribution in [3.05, 3.63) is 163 Å². The van der Waals surface area contributed by atoms with E-state index in [2.05, 4.69) is 106 Å². The zero-order valence-corrected chi connectivity index (χ0v) is 26.5. The van der Waals surface area contributed by atoms with Gasteiger partial charge < -0.3 is 0 Å². The first-order chi connectivity index (χ1) is 24.7. The van der Waals surface area contributed by atoms with Crippen LogP contribution in [0.15, 0.2) is 146 Å². The van der Waals surface area contributed by atoms with E-state index in [0.29, 0.717) is 11.3 Å². The summed E-state index contributed by atoms with van der Waals surface area (Å²) in [4.78, 5) is 22.7. The molecule has 0 aliphatic carbocycles. The van der Waals surface area contributed by atoms with Gasteiger partial charge in [0.1, 0.15) is 6.07 Å². The molecule has 0 unspecified atom stereocenters. The standard InChI is InChI=1S/C44H24N6/c1-46-30-21-29(25-48-26-30)38-17-9-19-40(50-38)42-36-15-7-6-14-35(36)41(39-18-8-16-37(49-39)28-20-27(22-45)23-47-24-28)43-33-12-4-2-10-31(33)32-11-3-5-13-34(32)44(42)43/h2-21,23-26H. The molecular weight excluding hydrogens is 613 g/mol. The average molecular weight is 637 g/mol. The number of benzene rings is 5. The van der Waals surface area contributed by atoms with Gasteiger partial charge in [0, 0.05) is 57.8 Å². The van der Waals surface area contributed by atoms with Crippen molar-refractivity contribution in [2.75, 3.05) is 0 Å². The maximum Gasteiger partial charge on any atom is 0.205 e. The van der Waals surface area contributed by atoms with E-state index >= 15 is 0 Å². The molecule has 0 fully saturated rings. The first-order valence-electron chi connectivity index (χ1n) is 16.1. The molecule has 0 N–H and O–H groups in total. The van der Waals surface area contributed by atoms with Gasteiger partial charge in [-0.25, -0.2) is 14.8 Å². The van der Waals surface area contributed by atoms with Crippen LogP contribution in [0.25, 0.3) is 93.0 Å². The fourth-order valence-electron chi connectivity index (χ4n) is 7.12. The Morgan fingerprint density at radius 1 is 0.480 bits per heavy atom. The third kappa shape index (κ3) is 4.64. The van der Waals surface area contributed by atoms with Gasteiger partial charge in [0.15, 0.2) is 0 Å². The number of hydrogen-bond acceptors (Lipinski definition) is 5. The second-order valence-corrected chi connectivity index (χ2v) is 12.1. The second kappa shape index (κ2) is 11.8. The fourth-order valence-corrected chi connectivity index (χ4v) is 7.12. The van der Waals surface area contributed by atoms with E-state index in [9.17, 15) is 5.26 Å². The molecule has 0 saturated carbocycles. The zero-order chi connectivity index (χ0) is 33.6. The van der Waals surface area contributed by atoms with Gasteiger partial charge in [-0.15, -0.1) is 0 Å². The molecule has 0 atom stereocenters. The van der Waals surface area contributed by atoms with E-state index in [0.717, 1.165) is 88.1 Å². The Morgan fingerprint density at radius 2 is 0.940 bits per heavy atom. The van der Waals surface area contributed by atoms with Crippen LogP contribution in [-0.4, -0.2) is 19.9 Å². The summed E-state index contributed by atoms with van der Waals surface area (Å²) in [6, 6.07) is 43.5. The summed E-state index contributed by atoms with van der Waals surface area (Å²) >= 11 is 0. The summed E-state index contributed by atoms with van der Waals surface area (Å²) in [6.45, 7) is 7.52. The number of nitriles is 1. The molecule has 50 heavy (non-hydrogen) atoms. The molecule has 6 heteroatoms. The van der Waals surface area contributed by atoms with Crippen LogP contribution in [0.5, 0.6) is 0 Å². The Kier molecular flexibility index (Phi) is 6.79. The van der Waals surface area contributed by atoms with Gasteiger partial charge >= 0.3 is 0 Å². The zero-order valence-electron chi connectivity index (χ0n) is 26.5. The molecule has 0 amide bonds. The minimum absolute atomic E-state index is 0.470. The van der Waals surface area contributed by atoms with E-state index in [1.165, 1.54) is 0 Å². The van der Waals surface area contributed by atoms with Crippen LogP contribution < -0.4 is 0 Å². The number of aromatic nitrogens is 4. The molecule has 5 aromatic carbocycles. The van der Waals surface area contributed by atoms with E-state index in [-0.39, 0.29) is 0 Å². The Balaban J connectivity index is 1.45. The Labute approximate surface area is 287 Å². The molecule has 0 spiro atoms. The summed E-state index contributed by atoms with van der Waals surface area (Å²) in [5, 5.41) is 18.4. The lowest BCUT2D eigenvalue weighted by Gasteiger charge is -2.21. The average Bonchev–Trinajstić information content (AvgIpc) is 3.20.